The summed E-state index contributed by atoms with van der Waals surface area (Å²) in [6, 6.07) is 8.31. The summed E-state index contributed by atoms with van der Waals surface area (Å²) in [5, 5.41) is 5.23. The summed E-state index contributed by atoms with van der Waals surface area (Å²) < 4.78 is 79.3. The Morgan fingerprint density at radius 1 is 1.13 bits per heavy atom. The molecule has 0 spiro atoms. The number of fused-ring (bicyclic) bond motifs is 1. The van der Waals surface area contributed by atoms with E-state index in [1.807, 2.05) is 0 Å². The molecule has 0 saturated carbocycles. The van der Waals surface area contributed by atoms with Crippen LogP contribution in [0.2, 0.25) is 5.02 Å². The third-order valence-electron chi connectivity index (χ3n) is 5.32. The molecule has 9 nitrogen and oxygen atoms in total. The number of carbonyl (C=O) groups excluding carboxylic acids is 2. The Hall–Kier alpha value is -4.04. The molecule has 2 amide bonds. The molecule has 0 atom stereocenters. The van der Waals surface area contributed by atoms with Gasteiger partial charge in [0.2, 0.25) is 0 Å². The lowest BCUT2D eigenvalue weighted by atomic mass is 10.1. The van der Waals surface area contributed by atoms with Gasteiger partial charge in [0.1, 0.15) is 11.5 Å². The Morgan fingerprint density at radius 3 is 2.37 bits per heavy atom. The van der Waals surface area contributed by atoms with E-state index >= 15 is 0 Å². The highest BCUT2D eigenvalue weighted by Gasteiger charge is 2.38. The van der Waals surface area contributed by atoms with Crippen molar-refractivity contribution < 1.29 is 35.6 Å². The molecule has 38 heavy (non-hydrogen) atoms. The number of anilines is 1. The summed E-state index contributed by atoms with van der Waals surface area (Å²) in [6.45, 7) is -0.179. The molecule has 198 valence electrons. The van der Waals surface area contributed by atoms with Crippen molar-refractivity contribution in [3.05, 3.63) is 82.0 Å². The summed E-state index contributed by atoms with van der Waals surface area (Å²) in [6.07, 6.45) is -3.00. The van der Waals surface area contributed by atoms with E-state index < -0.39 is 50.7 Å². The van der Waals surface area contributed by atoms with Gasteiger partial charge in [-0.25, -0.2) is 17.8 Å². The molecule has 0 radical (unpaired) electrons. The van der Waals surface area contributed by atoms with E-state index in [1.54, 1.807) is 0 Å². The van der Waals surface area contributed by atoms with Crippen molar-refractivity contribution in [2.24, 2.45) is 5.73 Å². The zero-order valence-electron chi connectivity index (χ0n) is 19.2. The van der Waals surface area contributed by atoms with Crippen molar-refractivity contribution in [1.82, 2.24) is 14.8 Å². The number of nitrogens with zero attached hydrogens (tertiary/aromatic N) is 3. The number of amides is 2. The van der Waals surface area contributed by atoms with Crippen molar-refractivity contribution in [2.45, 2.75) is 17.6 Å². The molecule has 2 aromatic carbocycles. The highest BCUT2D eigenvalue weighted by molar-refractivity contribution is 7.90. The lowest BCUT2D eigenvalue weighted by Gasteiger charge is -2.11. The first-order valence-corrected chi connectivity index (χ1v) is 12.7. The number of nitrogens with one attached hydrogen (secondary N) is 1. The van der Waals surface area contributed by atoms with Crippen LogP contribution in [-0.2, 0) is 22.6 Å². The number of rotatable bonds is 6. The van der Waals surface area contributed by atoms with Crippen molar-refractivity contribution in [2.75, 3.05) is 11.6 Å². The first kappa shape index (κ1) is 27.0. The number of hydrogen-bond acceptors (Lipinski definition) is 6. The number of pyridine rings is 1. The van der Waals surface area contributed by atoms with Crippen LogP contribution in [0.3, 0.4) is 0 Å². The van der Waals surface area contributed by atoms with Gasteiger partial charge in [-0.05, 0) is 29.8 Å². The molecule has 15 heteroatoms. The summed E-state index contributed by atoms with van der Waals surface area (Å²) in [5.74, 6) is -3.04. The average molecular weight is 570 g/mol. The Kier molecular flexibility index (Phi) is 6.88. The van der Waals surface area contributed by atoms with Gasteiger partial charge >= 0.3 is 6.18 Å². The topological polar surface area (TPSA) is 137 Å². The minimum Gasteiger partial charge on any atom is -0.364 e. The fourth-order valence-corrected chi connectivity index (χ4v) is 4.35. The number of sulfone groups is 1. The molecule has 0 aliphatic rings. The normalized spacial score (nSPS) is 12.1. The second-order valence-electron chi connectivity index (χ2n) is 8.16. The van der Waals surface area contributed by atoms with Crippen LogP contribution in [0.1, 0.15) is 32.1 Å². The van der Waals surface area contributed by atoms with Gasteiger partial charge in [0.15, 0.2) is 15.5 Å². The minimum atomic E-state index is -4.96. The van der Waals surface area contributed by atoms with Crippen LogP contribution in [0.25, 0.3) is 10.9 Å². The number of benzene rings is 2. The SMILES string of the molecule is CS(=O)(=O)c1ccc(Cn2cc(NC(=O)c3cc(C(N)=O)nc4cc(F)c(Cl)cc34)c(C(F)(F)F)n2)cc1. The van der Waals surface area contributed by atoms with Crippen LogP contribution < -0.4 is 11.1 Å². The van der Waals surface area contributed by atoms with Crippen molar-refractivity contribution in [3.63, 3.8) is 0 Å². The first-order valence-electron chi connectivity index (χ1n) is 10.5. The van der Waals surface area contributed by atoms with Gasteiger partial charge in [-0.2, -0.15) is 18.3 Å². The monoisotopic (exact) mass is 569 g/mol. The molecule has 0 saturated heterocycles. The third-order valence-corrected chi connectivity index (χ3v) is 6.74. The standard InChI is InChI=1S/C23H16ClF4N5O4S/c1-38(36,37)12-4-2-11(3-5-12)9-33-10-19(20(32-33)23(26,27)28)31-22(35)14-7-18(21(29)34)30-17-8-16(25)15(24)6-13(14)17/h2-8,10H,9H2,1H3,(H2,29,34)(H,31,35). The van der Waals surface area contributed by atoms with E-state index in [0.717, 1.165) is 35.3 Å². The van der Waals surface area contributed by atoms with Gasteiger partial charge in [0.25, 0.3) is 11.8 Å². The van der Waals surface area contributed by atoms with Crippen molar-refractivity contribution >= 4 is 49.8 Å². The minimum absolute atomic E-state index is 0.0329. The van der Waals surface area contributed by atoms with Crippen LogP contribution in [0.5, 0.6) is 0 Å². The van der Waals surface area contributed by atoms with Crippen molar-refractivity contribution in [3.8, 4) is 0 Å². The Balaban J connectivity index is 1.72. The number of aromatic nitrogens is 3. The van der Waals surface area contributed by atoms with Crippen LogP contribution in [0.4, 0.5) is 23.2 Å². The molecular formula is C23H16ClF4N5O4S. The predicted octanol–water partition coefficient (Wildman–Crippen LogP) is 4.05. The van der Waals surface area contributed by atoms with E-state index in [4.69, 9.17) is 17.3 Å². The molecule has 2 aromatic heterocycles. The maximum atomic E-state index is 14.0. The van der Waals surface area contributed by atoms with Gasteiger partial charge in [-0.15, -0.1) is 0 Å². The summed E-state index contributed by atoms with van der Waals surface area (Å²) >= 11 is 5.81. The molecule has 0 fully saturated rings. The van der Waals surface area contributed by atoms with Crippen LogP contribution in [0, 0.1) is 5.82 Å². The van der Waals surface area contributed by atoms with Gasteiger partial charge in [0.05, 0.1) is 33.2 Å². The molecule has 0 aliphatic carbocycles. The van der Waals surface area contributed by atoms with Gasteiger partial charge in [-0.1, -0.05) is 23.7 Å². The average Bonchev–Trinajstić information content (AvgIpc) is 3.21. The number of alkyl halides is 3. The lowest BCUT2D eigenvalue weighted by molar-refractivity contribution is -0.140. The largest absolute Gasteiger partial charge is 0.437 e. The smallest absolute Gasteiger partial charge is 0.364 e. The molecule has 3 N–H and O–H groups in total. The van der Waals surface area contributed by atoms with E-state index in [9.17, 15) is 35.6 Å². The number of nitrogens with two attached hydrogens (primary N) is 1. The second kappa shape index (κ2) is 9.68. The fraction of sp³-hybridized carbons (Fsp3) is 0.130. The molecule has 4 aromatic rings. The third kappa shape index (κ3) is 5.60. The zero-order chi connectivity index (χ0) is 28.0. The zero-order valence-corrected chi connectivity index (χ0v) is 20.7. The maximum Gasteiger partial charge on any atom is 0.437 e. The van der Waals surface area contributed by atoms with Gasteiger partial charge < -0.3 is 11.1 Å². The molecular weight excluding hydrogens is 554 g/mol. The molecule has 2 heterocycles. The Labute approximate surface area is 217 Å². The maximum absolute atomic E-state index is 14.0. The summed E-state index contributed by atoms with van der Waals surface area (Å²) in [7, 11) is -3.46. The number of halogens is 5. The van der Waals surface area contributed by atoms with E-state index in [0.29, 0.717) is 5.56 Å². The molecule has 0 unspecified atom stereocenters. The molecule has 0 bridgehead atoms. The van der Waals surface area contributed by atoms with Crippen molar-refractivity contribution in [1.29, 1.82) is 0 Å². The van der Waals surface area contributed by atoms with Crippen LogP contribution in [-0.4, -0.2) is 41.3 Å². The number of hydrogen-bond donors (Lipinski definition) is 2. The summed E-state index contributed by atoms with van der Waals surface area (Å²) in [5.41, 5.74) is 2.65. The fourth-order valence-electron chi connectivity index (χ4n) is 3.56. The predicted molar refractivity (Wildman–Crippen MR) is 129 cm³/mol. The van der Waals surface area contributed by atoms with E-state index in [2.05, 4.69) is 15.4 Å². The van der Waals surface area contributed by atoms with Gasteiger partial charge in [0, 0.05) is 23.9 Å². The quantitative estimate of drug-likeness (QED) is 0.336. The first-order chi connectivity index (χ1) is 17.6. The van der Waals surface area contributed by atoms with E-state index in [-0.39, 0.29) is 32.9 Å². The second-order valence-corrected chi connectivity index (χ2v) is 10.6. The molecule has 4 rings (SSSR count). The Bertz CT molecular complexity index is 1700. The van der Waals surface area contributed by atoms with Crippen LogP contribution >= 0.6 is 11.6 Å². The number of primary amides is 1. The number of carbonyl (C=O) groups is 2. The summed E-state index contributed by atoms with van der Waals surface area (Å²) in [4.78, 5) is 28.7. The van der Waals surface area contributed by atoms with Crippen LogP contribution in [0.15, 0.2) is 53.6 Å². The lowest BCUT2D eigenvalue weighted by Crippen LogP contribution is -2.19. The van der Waals surface area contributed by atoms with Gasteiger partial charge in [-0.3, -0.25) is 14.3 Å². The Morgan fingerprint density at radius 2 is 1.79 bits per heavy atom. The highest BCUT2D eigenvalue weighted by atomic mass is 35.5. The highest BCUT2D eigenvalue weighted by Crippen LogP contribution is 2.34. The van der Waals surface area contributed by atoms with E-state index in [1.165, 1.54) is 24.3 Å². The molecule has 0 aliphatic heterocycles.